The molecule has 0 unspecified atom stereocenters. The molecular weight excluding hydrogens is 547 g/mol. The summed E-state index contributed by atoms with van der Waals surface area (Å²) in [4.78, 5) is 47.9. The van der Waals surface area contributed by atoms with Gasteiger partial charge in [-0.05, 0) is 0 Å². The monoisotopic (exact) mass is 567 g/mol. The van der Waals surface area contributed by atoms with E-state index < -0.39 is 34.9 Å². The van der Waals surface area contributed by atoms with Crippen LogP contribution >= 0.6 is 46.2 Å². The lowest BCUT2D eigenvalue weighted by Crippen LogP contribution is -2.71. The van der Waals surface area contributed by atoms with Gasteiger partial charge in [-0.3, -0.25) is 19.0 Å². The van der Waals surface area contributed by atoms with Crippen LogP contribution in [-0.2, 0) is 14.4 Å². The fourth-order valence-electron chi connectivity index (χ4n) is 4.39. The molecule has 0 aromatic carbocycles. The van der Waals surface area contributed by atoms with Crippen molar-refractivity contribution in [2.45, 2.75) is 28.6 Å². The van der Waals surface area contributed by atoms with Crippen molar-refractivity contribution in [3.8, 4) is 0 Å². The summed E-state index contributed by atoms with van der Waals surface area (Å²) in [5, 5.41) is 29.8. The molecule has 0 bridgehead atoms. The van der Waals surface area contributed by atoms with Crippen molar-refractivity contribution < 1.29 is 24.7 Å². The van der Waals surface area contributed by atoms with Gasteiger partial charge in [0.1, 0.15) is 17.1 Å². The molecule has 3 aliphatic rings. The summed E-state index contributed by atoms with van der Waals surface area (Å²) in [6.07, 6.45) is 2.29. The molecule has 2 aromatic heterocycles. The highest BCUT2D eigenvalue weighted by molar-refractivity contribution is 8.07. The second-order valence-electron chi connectivity index (χ2n) is 8.56. The number of thioether (sulfide) groups is 2. The van der Waals surface area contributed by atoms with Crippen LogP contribution in [0.3, 0.4) is 0 Å². The number of fused-ring (bicyclic) bond motifs is 1. The van der Waals surface area contributed by atoms with E-state index in [1.165, 1.54) is 40.2 Å². The van der Waals surface area contributed by atoms with Gasteiger partial charge in [0, 0.05) is 28.9 Å². The van der Waals surface area contributed by atoms with E-state index in [2.05, 4.69) is 22.5 Å². The van der Waals surface area contributed by atoms with Crippen molar-refractivity contribution in [3.05, 3.63) is 27.1 Å². The first-order chi connectivity index (χ1) is 17.2. The molecule has 2 saturated heterocycles. The van der Waals surface area contributed by atoms with Crippen molar-refractivity contribution >= 4 is 80.6 Å². The number of aromatic nitrogens is 2. The molecule has 5 rings (SSSR count). The Morgan fingerprint density at radius 1 is 1.31 bits per heavy atom. The number of nitrogen functional groups attached to an aromatic ring is 1. The van der Waals surface area contributed by atoms with Crippen molar-refractivity contribution in [3.63, 3.8) is 0 Å². The highest BCUT2D eigenvalue weighted by atomic mass is 32.2. The molecule has 0 aliphatic carbocycles. The number of quaternary nitrogens is 1. The molecule has 4 N–H and O–H groups in total. The first-order valence-corrected chi connectivity index (χ1v) is 14.5. The molecule has 2 aromatic rings. The van der Waals surface area contributed by atoms with Gasteiger partial charge in [0.25, 0.3) is 11.8 Å². The number of amides is 2. The van der Waals surface area contributed by atoms with Crippen molar-refractivity contribution in [2.75, 3.05) is 31.6 Å². The molecule has 3 aliphatic heterocycles. The van der Waals surface area contributed by atoms with Crippen molar-refractivity contribution in [1.82, 2.24) is 24.7 Å². The maximum Gasteiger partial charge on any atom is 0.276 e. The summed E-state index contributed by atoms with van der Waals surface area (Å²) in [5.41, 5.74) is 5.04. The van der Waals surface area contributed by atoms with Gasteiger partial charge in [-0.25, -0.2) is 4.98 Å². The third-order valence-corrected chi connectivity index (χ3v) is 10.4. The van der Waals surface area contributed by atoms with E-state index in [9.17, 15) is 24.7 Å². The maximum atomic E-state index is 12.9. The molecule has 2 amide bonds. The van der Waals surface area contributed by atoms with E-state index in [4.69, 9.17) is 10.7 Å². The number of anilines is 1. The van der Waals surface area contributed by atoms with Crippen molar-refractivity contribution in [1.29, 1.82) is 0 Å². The van der Waals surface area contributed by atoms with E-state index in [0.717, 1.165) is 52.5 Å². The first kappa shape index (κ1) is 25.0. The number of β-lactam (4-membered cyclic amide) rings is 1. The standard InChI is InChI=1S/C20H21N7O5S4/c1-27(4-2-3-5-27)11-8-35-20(23-11)36-10-7-33-17-13(16(29)26(17)14(10)18(30)31)24-15(28)12(25-32)9-6-34-19(21)22-9/h6,8,13,17H,2-5,7H2,1H3,(H4-,21,22,24,28,30,31,32)/t13-,17-/m1/s1. The summed E-state index contributed by atoms with van der Waals surface area (Å²) in [6, 6.07) is -0.998. The van der Waals surface area contributed by atoms with Gasteiger partial charge in [-0.1, -0.05) is 16.9 Å². The number of nitrogens with zero attached hydrogens (tertiary/aromatic N) is 5. The Morgan fingerprint density at radius 3 is 2.69 bits per heavy atom. The second-order valence-corrected chi connectivity index (χ2v) is 12.8. The highest BCUT2D eigenvalue weighted by Crippen LogP contribution is 2.46. The quantitative estimate of drug-likeness (QED) is 0.138. The van der Waals surface area contributed by atoms with Crippen LogP contribution in [0.15, 0.2) is 30.9 Å². The second kappa shape index (κ2) is 9.66. The van der Waals surface area contributed by atoms with Gasteiger partial charge >= 0.3 is 0 Å². The summed E-state index contributed by atoms with van der Waals surface area (Å²) in [7, 11) is 2.15. The van der Waals surface area contributed by atoms with Crippen molar-refractivity contribution in [2.24, 2.45) is 5.16 Å². The van der Waals surface area contributed by atoms with Gasteiger partial charge < -0.3 is 26.2 Å². The van der Waals surface area contributed by atoms with Gasteiger partial charge in [-0.2, -0.15) is 4.98 Å². The van der Waals surface area contributed by atoms with Crippen LogP contribution in [0.5, 0.6) is 0 Å². The lowest BCUT2D eigenvalue weighted by atomic mass is 10.0. The number of nitrogens with two attached hydrogens (primary N) is 1. The van der Waals surface area contributed by atoms with E-state index in [-0.39, 0.29) is 16.5 Å². The SMILES string of the molecule is C[N+]1(c2csc(SC3=C(C(=O)[O-])N4C(=O)[C@@H](NC(=O)/C(=N\O)c5csc(N)n5)[C@H]4SC3)n2)CCCC1. The predicted octanol–water partition coefficient (Wildman–Crippen LogP) is 0.245. The Morgan fingerprint density at radius 2 is 2.06 bits per heavy atom. The number of likely N-dealkylation sites (tertiary alicyclic amines) is 1. The van der Waals surface area contributed by atoms with Gasteiger partial charge in [0.15, 0.2) is 15.2 Å². The molecule has 0 radical (unpaired) electrons. The number of carboxylic acids is 1. The zero-order chi connectivity index (χ0) is 25.6. The topological polar surface area (TPSA) is 174 Å². The lowest BCUT2D eigenvalue weighted by molar-refractivity contribution is -0.301. The van der Waals surface area contributed by atoms with Crippen LogP contribution < -0.4 is 20.6 Å². The summed E-state index contributed by atoms with van der Waals surface area (Å²) in [6.45, 7) is 2.04. The highest BCUT2D eigenvalue weighted by Gasteiger charge is 2.53. The number of oxime groups is 1. The van der Waals surface area contributed by atoms with Gasteiger partial charge in [0.05, 0.1) is 37.2 Å². The number of carboxylic acid groups (broad SMARTS) is 1. The fourth-order valence-corrected chi connectivity index (χ4v) is 8.50. The van der Waals surface area contributed by atoms with Crippen LogP contribution in [-0.4, -0.2) is 80.9 Å². The van der Waals surface area contributed by atoms with E-state index in [0.29, 0.717) is 15.0 Å². The van der Waals surface area contributed by atoms with Crippen LogP contribution in [0.25, 0.3) is 0 Å². The Hall–Kier alpha value is -2.66. The number of hydrogen-bond donors (Lipinski definition) is 3. The Kier molecular flexibility index (Phi) is 6.71. The number of thiazole rings is 2. The minimum Gasteiger partial charge on any atom is -0.543 e. The Balaban J connectivity index is 1.32. The smallest absolute Gasteiger partial charge is 0.276 e. The molecule has 0 saturated carbocycles. The summed E-state index contributed by atoms with van der Waals surface area (Å²) in [5.74, 6) is -1.62. The van der Waals surface area contributed by atoms with Crippen LogP contribution in [0.4, 0.5) is 10.9 Å². The molecule has 5 heterocycles. The number of carbonyl (C=O) groups is 3. The van der Waals surface area contributed by atoms with Gasteiger partial charge in [0.2, 0.25) is 5.82 Å². The molecule has 0 spiro atoms. The molecule has 12 nitrogen and oxygen atoms in total. The molecule has 36 heavy (non-hydrogen) atoms. The maximum absolute atomic E-state index is 12.9. The molecule has 2 atom stereocenters. The van der Waals surface area contributed by atoms with E-state index in [1.807, 2.05) is 5.38 Å². The van der Waals surface area contributed by atoms with Crippen LogP contribution in [0.1, 0.15) is 18.5 Å². The number of aliphatic carboxylic acids is 1. The number of rotatable bonds is 7. The van der Waals surface area contributed by atoms with Crippen LogP contribution in [0.2, 0.25) is 0 Å². The minimum atomic E-state index is -1.47. The molecule has 16 heteroatoms. The van der Waals surface area contributed by atoms with E-state index in [1.54, 1.807) is 0 Å². The minimum absolute atomic E-state index is 0.0688. The third kappa shape index (κ3) is 4.36. The average molecular weight is 568 g/mol. The van der Waals surface area contributed by atoms with Crippen LogP contribution in [0, 0.1) is 0 Å². The average Bonchev–Trinajstić information content (AvgIpc) is 3.60. The summed E-state index contributed by atoms with van der Waals surface area (Å²) < 4.78 is 1.46. The number of carbonyl (C=O) groups excluding carboxylic acids is 3. The lowest BCUT2D eigenvalue weighted by Gasteiger charge is -2.50. The predicted molar refractivity (Wildman–Crippen MR) is 137 cm³/mol. The molecular formula is C20H21N7O5S4. The number of hydrogen-bond acceptors (Lipinski definition) is 13. The van der Waals surface area contributed by atoms with Gasteiger partial charge in [-0.15, -0.1) is 34.4 Å². The zero-order valence-corrected chi connectivity index (χ0v) is 22.1. The third-order valence-electron chi connectivity index (χ3n) is 6.28. The first-order valence-electron chi connectivity index (χ1n) is 10.8. The normalized spacial score (nSPS) is 23.4. The molecule has 2 fully saturated rings. The number of nitrogens with one attached hydrogen (secondary N) is 1. The summed E-state index contributed by atoms with van der Waals surface area (Å²) >= 11 is 5.06. The Labute approximate surface area is 221 Å². The fraction of sp³-hybridized carbons (Fsp3) is 0.400. The van der Waals surface area contributed by atoms with E-state index >= 15 is 0 Å². The Bertz CT molecular complexity index is 1300. The largest absolute Gasteiger partial charge is 0.543 e. The zero-order valence-electron chi connectivity index (χ0n) is 18.9. The molecule has 190 valence electrons.